The van der Waals surface area contributed by atoms with Crippen molar-refractivity contribution < 1.29 is 4.74 Å². The highest BCUT2D eigenvalue weighted by molar-refractivity contribution is 4.77. The van der Waals surface area contributed by atoms with Crippen LogP contribution in [0.25, 0.3) is 0 Å². The van der Waals surface area contributed by atoms with Gasteiger partial charge in [0, 0.05) is 13.2 Å². The summed E-state index contributed by atoms with van der Waals surface area (Å²) in [6.45, 7) is 0. The second-order valence-corrected chi connectivity index (χ2v) is 2.72. The molecule has 1 aliphatic rings. The van der Waals surface area contributed by atoms with Crippen LogP contribution in [-0.4, -0.2) is 19.3 Å². The molecule has 0 bridgehead atoms. The van der Waals surface area contributed by atoms with Gasteiger partial charge in [0.25, 0.3) is 0 Å². The van der Waals surface area contributed by atoms with Crippen molar-refractivity contribution in [1.29, 1.82) is 0 Å². The Morgan fingerprint density at radius 2 is 2.00 bits per heavy atom. The molecule has 2 heteroatoms. The van der Waals surface area contributed by atoms with E-state index in [0.717, 1.165) is 12.8 Å². The van der Waals surface area contributed by atoms with Crippen molar-refractivity contribution in [2.75, 3.05) is 7.11 Å². The minimum absolute atomic E-state index is 0.295. The van der Waals surface area contributed by atoms with E-state index in [2.05, 4.69) is 0 Å². The van der Waals surface area contributed by atoms with Gasteiger partial charge in [0.15, 0.2) is 0 Å². The molecule has 0 aromatic carbocycles. The number of hydrogen-bond acceptors (Lipinski definition) is 2. The Morgan fingerprint density at radius 1 is 1.33 bits per heavy atom. The van der Waals surface area contributed by atoms with Crippen molar-refractivity contribution in [1.82, 2.24) is 0 Å². The molecule has 1 saturated carbocycles. The first-order valence-corrected chi connectivity index (χ1v) is 3.63. The van der Waals surface area contributed by atoms with Crippen LogP contribution in [0.1, 0.15) is 25.7 Å². The molecule has 2 N–H and O–H groups in total. The van der Waals surface area contributed by atoms with Crippen molar-refractivity contribution in [3.63, 3.8) is 0 Å². The van der Waals surface area contributed by atoms with E-state index in [-0.39, 0.29) is 0 Å². The average Bonchev–Trinajstić information content (AvgIpc) is 1.89. The molecule has 0 heterocycles. The van der Waals surface area contributed by atoms with Gasteiger partial charge in [-0.1, -0.05) is 12.8 Å². The quantitative estimate of drug-likeness (QED) is 0.571. The van der Waals surface area contributed by atoms with Crippen LogP contribution in [0.3, 0.4) is 0 Å². The van der Waals surface area contributed by atoms with Crippen LogP contribution in [0.15, 0.2) is 0 Å². The Bertz CT molecular complexity index is 85.0. The van der Waals surface area contributed by atoms with Crippen LogP contribution >= 0.6 is 0 Å². The first kappa shape index (κ1) is 7.03. The Morgan fingerprint density at radius 3 is 2.44 bits per heavy atom. The summed E-state index contributed by atoms with van der Waals surface area (Å²) in [6.07, 6.45) is 5.18. The van der Waals surface area contributed by atoms with Gasteiger partial charge in [-0.3, -0.25) is 0 Å². The minimum Gasteiger partial charge on any atom is -0.380 e. The zero-order valence-corrected chi connectivity index (χ0v) is 5.97. The summed E-state index contributed by atoms with van der Waals surface area (Å²) in [5.74, 6) is 0. The lowest BCUT2D eigenvalue weighted by molar-refractivity contribution is 0.0545. The lowest BCUT2D eigenvalue weighted by Crippen LogP contribution is -2.38. The third-order valence-electron chi connectivity index (χ3n) is 2.06. The first-order valence-electron chi connectivity index (χ1n) is 3.63. The summed E-state index contributed by atoms with van der Waals surface area (Å²) in [4.78, 5) is 0. The molecule has 1 aliphatic carbocycles. The third kappa shape index (κ3) is 1.66. The number of ether oxygens (including phenoxy) is 1. The van der Waals surface area contributed by atoms with Crippen molar-refractivity contribution in [2.45, 2.75) is 37.8 Å². The van der Waals surface area contributed by atoms with E-state index in [1.165, 1.54) is 12.8 Å². The van der Waals surface area contributed by atoms with Crippen LogP contribution < -0.4 is 5.73 Å². The molecule has 54 valence electrons. The smallest absolute Gasteiger partial charge is 0.0722 e. The van der Waals surface area contributed by atoms with Gasteiger partial charge < -0.3 is 10.5 Å². The van der Waals surface area contributed by atoms with Crippen molar-refractivity contribution in [3.8, 4) is 0 Å². The molecule has 0 aliphatic heterocycles. The van der Waals surface area contributed by atoms with Crippen LogP contribution in [0, 0.1) is 0 Å². The molecule has 9 heavy (non-hydrogen) atoms. The molecule has 2 nitrogen and oxygen atoms in total. The van der Waals surface area contributed by atoms with E-state index in [1.54, 1.807) is 7.11 Å². The van der Waals surface area contributed by atoms with E-state index in [0.29, 0.717) is 12.1 Å². The molecular formula is C7H15NO. The molecule has 1 fully saturated rings. The van der Waals surface area contributed by atoms with Crippen molar-refractivity contribution >= 4 is 0 Å². The van der Waals surface area contributed by atoms with Crippen LogP contribution in [-0.2, 0) is 4.74 Å². The third-order valence-corrected chi connectivity index (χ3v) is 2.06. The van der Waals surface area contributed by atoms with E-state index in [1.807, 2.05) is 0 Å². The topological polar surface area (TPSA) is 35.2 Å². The van der Waals surface area contributed by atoms with Crippen molar-refractivity contribution in [2.24, 2.45) is 5.73 Å². The number of rotatable bonds is 1. The zero-order valence-electron chi connectivity index (χ0n) is 5.97. The highest BCUT2D eigenvalue weighted by atomic mass is 16.5. The average molecular weight is 129 g/mol. The SMILES string of the molecule is CO[C@H]1CCCC[C@@H]1N. The summed E-state index contributed by atoms with van der Waals surface area (Å²) >= 11 is 0. The minimum atomic E-state index is 0.295. The molecule has 0 unspecified atom stereocenters. The highest BCUT2D eigenvalue weighted by Gasteiger charge is 2.20. The second-order valence-electron chi connectivity index (χ2n) is 2.72. The summed E-state index contributed by atoms with van der Waals surface area (Å²) in [5.41, 5.74) is 5.76. The molecule has 0 saturated heterocycles. The van der Waals surface area contributed by atoms with E-state index in [9.17, 15) is 0 Å². The molecule has 1 rings (SSSR count). The van der Waals surface area contributed by atoms with Crippen LogP contribution in [0.5, 0.6) is 0 Å². The normalized spacial score (nSPS) is 36.7. The van der Waals surface area contributed by atoms with E-state index < -0.39 is 0 Å². The Labute approximate surface area is 56.4 Å². The fourth-order valence-electron chi connectivity index (χ4n) is 1.42. The Hall–Kier alpha value is -0.0800. The highest BCUT2D eigenvalue weighted by Crippen LogP contribution is 2.18. The van der Waals surface area contributed by atoms with Crippen LogP contribution in [0.2, 0.25) is 0 Å². The van der Waals surface area contributed by atoms with E-state index >= 15 is 0 Å². The van der Waals surface area contributed by atoms with Gasteiger partial charge >= 0.3 is 0 Å². The van der Waals surface area contributed by atoms with Gasteiger partial charge in [-0.05, 0) is 12.8 Å². The van der Waals surface area contributed by atoms with Gasteiger partial charge in [-0.2, -0.15) is 0 Å². The molecule has 2 atom stereocenters. The number of methoxy groups -OCH3 is 1. The standard InChI is InChI=1S/C7H15NO/c1-9-7-5-3-2-4-6(7)8/h6-7H,2-5,8H2,1H3/t6-,7-/m0/s1. The second kappa shape index (κ2) is 3.18. The number of nitrogens with two attached hydrogens (primary N) is 1. The number of hydrogen-bond donors (Lipinski definition) is 1. The molecule has 0 radical (unpaired) electrons. The summed E-state index contributed by atoms with van der Waals surface area (Å²) < 4.78 is 5.18. The monoisotopic (exact) mass is 129 g/mol. The molecule has 0 aromatic heterocycles. The predicted octanol–water partition coefficient (Wildman–Crippen LogP) is 0.903. The molecule has 0 spiro atoms. The fraction of sp³-hybridized carbons (Fsp3) is 1.00. The van der Waals surface area contributed by atoms with Gasteiger partial charge in [0.2, 0.25) is 0 Å². The fourth-order valence-corrected chi connectivity index (χ4v) is 1.42. The summed E-state index contributed by atoms with van der Waals surface area (Å²) in [7, 11) is 1.75. The largest absolute Gasteiger partial charge is 0.380 e. The van der Waals surface area contributed by atoms with Crippen LogP contribution in [0.4, 0.5) is 0 Å². The Kier molecular flexibility index (Phi) is 2.49. The maximum atomic E-state index is 5.76. The first-order chi connectivity index (χ1) is 4.34. The molecule has 0 amide bonds. The summed E-state index contributed by atoms with van der Waals surface area (Å²) in [6, 6.07) is 0.295. The summed E-state index contributed by atoms with van der Waals surface area (Å²) in [5, 5.41) is 0. The maximum Gasteiger partial charge on any atom is 0.0722 e. The predicted molar refractivity (Wildman–Crippen MR) is 37.2 cm³/mol. The maximum absolute atomic E-state index is 5.76. The van der Waals surface area contributed by atoms with Gasteiger partial charge in [0.1, 0.15) is 0 Å². The molecular weight excluding hydrogens is 114 g/mol. The Balaban J connectivity index is 2.30. The zero-order chi connectivity index (χ0) is 6.69. The van der Waals surface area contributed by atoms with Gasteiger partial charge in [0.05, 0.1) is 6.10 Å². The lowest BCUT2D eigenvalue weighted by Gasteiger charge is -2.26. The van der Waals surface area contributed by atoms with E-state index in [4.69, 9.17) is 10.5 Å². The van der Waals surface area contributed by atoms with Gasteiger partial charge in [-0.25, -0.2) is 0 Å². The van der Waals surface area contributed by atoms with Gasteiger partial charge in [-0.15, -0.1) is 0 Å². The lowest BCUT2D eigenvalue weighted by atomic mass is 9.93. The van der Waals surface area contributed by atoms with Crippen molar-refractivity contribution in [3.05, 3.63) is 0 Å². The molecule has 0 aromatic rings.